The lowest BCUT2D eigenvalue weighted by Gasteiger charge is -2.04. The quantitative estimate of drug-likeness (QED) is 0.688. The van der Waals surface area contributed by atoms with Crippen LogP contribution in [0.15, 0.2) is 22.6 Å². The summed E-state index contributed by atoms with van der Waals surface area (Å²) < 4.78 is 4.10. The third-order valence-corrected chi connectivity index (χ3v) is 3.82. The van der Waals surface area contributed by atoms with E-state index in [4.69, 9.17) is 0 Å². The fraction of sp³-hybridized carbons (Fsp3) is 0.273. The molecule has 0 fully saturated rings. The van der Waals surface area contributed by atoms with E-state index < -0.39 is 0 Å². The van der Waals surface area contributed by atoms with Crippen LogP contribution in [-0.4, -0.2) is 24.3 Å². The van der Waals surface area contributed by atoms with Gasteiger partial charge in [0, 0.05) is 7.05 Å². The van der Waals surface area contributed by atoms with E-state index in [1.807, 2.05) is 30.0 Å². The average molecular weight is 261 g/mol. The van der Waals surface area contributed by atoms with Crippen LogP contribution >= 0.6 is 11.3 Å². The molecule has 92 valence electrons. The molecule has 0 N–H and O–H groups in total. The average Bonchev–Trinajstić information content (AvgIpc) is 2.95. The Bertz CT molecular complexity index is 769. The molecule has 0 aliphatic rings. The Balaban J connectivity index is 2.07. The van der Waals surface area contributed by atoms with E-state index in [1.165, 1.54) is 11.3 Å². The lowest BCUT2D eigenvalue weighted by atomic mass is 10.4. The molecule has 0 unspecified atom stereocenters. The molecule has 0 saturated carbocycles. The van der Waals surface area contributed by atoms with Gasteiger partial charge in [-0.25, -0.2) is 4.98 Å². The van der Waals surface area contributed by atoms with Gasteiger partial charge in [-0.3, -0.25) is 9.36 Å². The predicted octanol–water partition coefficient (Wildman–Crippen LogP) is 0.943. The van der Waals surface area contributed by atoms with E-state index in [-0.39, 0.29) is 5.56 Å². The molecule has 18 heavy (non-hydrogen) atoms. The first-order chi connectivity index (χ1) is 8.66. The smallest absolute Gasteiger partial charge is 0.271 e. The van der Waals surface area contributed by atoms with Crippen LogP contribution in [-0.2, 0) is 13.6 Å². The summed E-state index contributed by atoms with van der Waals surface area (Å²) in [5.41, 5.74) is 0.714. The van der Waals surface area contributed by atoms with Crippen LogP contribution in [0.25, 0.3) is 10.2 Å². The molecule has 7 heteroatoms. The fourth-order valence-corrected chi connectivity index (χ4v) is 2.53. The van der Waals surface area contributed by atoms with Crippen molar-refractivity contribution in [2.75, 3.05) is 0 Å². The van der Waals surface area contributed by atoms with E-state index in [9.17, 15) is 4.79 Å². The van der Waals surface area contributed by atoms with Gasteiger partial charge in [-0.05, 0) is 18.4 Å². The third-order valence-electron chi connectivity index (χ3n) is 2.93. The first kappa shape index (κ1) is 11.1. The van der Waals surface area contributed by atoms with Crippen LogP contribution < -0.4 is 5.56 Å². The van der Waals surface area contributed by atoms with Crippen molar-refractivity contribution in [3.63, 3.8) is 0 Å². The topological polar surface area (TPSA) is 65.6 Å². The van der Waals surface area contributed by atoms with Crippen LogP contribution in [0.3, 0.4) is 0 Å². The molecule has 0 aliphatic carbocycles. The second-order valence-corrected chi connectivity index (χ2v) is 4.95. The SMILES string of the molecule is Cc1nnc(Cn2cnc3ccsc3c2=O)n1C. The molecule has 3 aromatic heterocycles. The summed E-state index contributed by atoms with van der Waals surface area (Å²) in [4.78, 5) is 16.4. The maximum Gasteiger partial charge on any atom is 0.271 e. The molecule has 3 rings (SSSR count). The fourth-order valence-electron chi connectivity index (χ4n) is 1.73. The first-order valence-electron chi connectivity index (χ1n) is 5.44. The van der Waals surface area contributed by atoms with Gasteiger partial charge in [0.1, 0.15) is 10.5 Å². The van der Waals surface area contributed by atoms with Crippen molar-refractivity contribution in [3.05, 3.63) is 39.8 Å². The van der Waals surface area contributed by atoms with E-state index in [1.54, 1.807) is 10.9 Å². The summed E-state index contributed by atoms with van der Waals surface area (Å²) in [5, 5.41) is 9.89. The molecule has 0 spiro atoms. The molecule has 3 aromatic rings. The predicted molar refractivity (Wildman–Crippen MR) is 68.7 cm³/mol. The van der Waals surface area contributed by atoms with Crippen molar-refractivity contribution in [1.82, 2.24) is 24.3 Å². The maximum atomic E-state index is 12.2. The molecule has 0 saturated heterocycles. The van der Waals surface area contributed by atoms with Crippen LogP contribution in [0.1, 0.15) is 11.6 Å². The standard InChI is InChI=1S/C11H11N5OS/c1-7-13-14-9(15(7)2)5-16-6-12-8-3-4-18-10(8)11(16)17/h3-4,6H,5H2,1-2H3. The summed E-state index contributed by atoms with van der Waals surface area (Å²) in [7, 11) is 1.88. The second-order valence-electron chi connectivity index (χ2n) is 4.04. The number of hydrogen-bond acceptors (Lipinski definition) is 5. The molecule has 0 aromatic carbocycles. The van der Waals surface area contributed by atoms with Gasteiger partial charge < -0.3 is 4.57 Å². The number of fused-ring (bicyclic) bond motifs is 1. The monoisotopic (exact) mass is 261 g/mol. The molecule has 0 amide bonds. The summed E-state index contributed by atoms with van der Waals surface area (Å²) >= 11 is 1.41. The maximum absolute atomic E-state index is 12.2. The summed E-state index contributed by atoms with van der Waals surface area (Å²) in [6.45, 7) is 2.26. The summed E-state index contributed by atoms with van der Waals surface area (Å²) in [5.74, 6) is 1.57. The zero-order valence-electron chi connectivity index (χ0n) is 9.99. The largest absolute Gasteiger partial charge is 0.317 e. The molecular formula is C11H11N5OS. The number of rotatable bonds is 2. The number of nitrogens with zero attached hydrogens (tertiary/aromatic N) is 5. The highest BCUT2D eigenvalue weighted by Crippen LogP contribution is 2.13. The number of aryl methyl sites for hydroxylation is 1. The van der Waals surface area contributed by atoms with Crippen LogP contribution in [0.5, 0.6) is 0 Å². The molecule has 0 bridgehead atoms. The Hall–Kier alpha value is -2.02. The Morgan fingerprint density at radius 3 is 2.94 bits per heavy atom. The first-order valence-corrected chi connectivity index (χ1v) is 6.32. The van der Waals surface area contributed by atoms with Crippen molar-refractivity contribution in [2.24, 2.45) is 7.05 Å². The Morgan fingerprint density at radius 2 is 2.22 bits per heavy atom. The minimum atomic E-state index is -0.0318. The molecule has 0 atom stereocenters. The van der Waals surface area contributed by atoms with Gasteiger partial charge >= 0.3 is 0 Å². The minimum Gasteiger partial charge on any atom is -0.317 e. The summed E-state index contributed by atoms with van der Waals surface area (Å²) in [6.07, 6.45) is 1.56. The van der Waals surface area contributed by atoms with Crippen molar-refractivity contribution in [3.8, 4) is 0 Å². The second kappa shape index (κ2) is 4.02. The van der Waals surface area contributed by atoms with Gasteiger partial charge in [0.2, 0.25) is 0 Å². The van der Waals surface area contributed by atoms with Gasteiger partial charge in [-0.2, -0.15) is 0 Å². The lowest BCUT2D eigenvalue weighted by Crippen LogP contribution is -2.21. The minimum absolute atomic E-state index is 0.0318. The van der Waals surface area contributed by atoms with Gasteiger partial charge in [0.05, 0.1) is 18.4 Å². The lowest BCUT2D eigenvalue weighted by molar-refractivity contribution is 0.667. The number of aromatic nitrogens is 5. The van der Waals surface area contributed by atoms with E-state index in [2.05, 4.69) is 15.2 Å². The normalized spacial score (nSPS) is 11.2. The van der Waals surface area contributed by atoms with Crippen LogP contribution in [0, 0.1) is 6.92 Å². The number of thiophene rings is 1. The van der Waals surface area contributed by atoms with Crippen LogP contribution in [0.2, 0.25) is 0 Å². The van der Waals surface area contributed by atoms with Gasteiger partial charge in [-0.15, -0.1) is 21.5 Å². The number of hydrogen-bond donors (Lipinski definition) is 0. The zero-order valence-corrected chi connectivity index (χ0v) is 10.8. The van der Waals surface area contributed by atoms with E-state index in [0.717, 1.165) is 17.2 Å². The van der Waals surface area contributed by atoms with Crippen molar-refractivity contribution in [2.45, 2.75) is 13.5 Å². The molecule has 3 heterocycles. The highest BCUT2D eigenvalue weighted by atomic mass is 32.1. The summed E-state index contributed by atoms with van der Waals surface area (Å²) in [6, 6.07) is 1.85. The Kier molecular flexibility index (Phi) is 2.48. The molecule has 6 nitrogen and oxygen atoms in total. The van der Waals surface area contributed by atoms with Crippen LogP contribution in [0.4, 0.5) is 0 Å². The third kappa shape index (κ3) is 1.63. The highest BCUT2D eigenvalue weighted by Gasteiger charge is 2.09. The zero-order chi connectivity index (χ0) is 12.7. The Morgan fingerprint density at radius 1 is 1.39 bits per heavy atom. The van der Waals surface area contributed by atoms with Crippen molar-refractivity contribution >= 4 is 21.6 Å². The Labute approximate surface area is 107 Å². The van der Waals surface area contributed by atoms with Crippen molar-refractivity contribution < 1.29 is 0 Å². The van der Waals surface area contributed by atoms with Gasteiger partial charge in [0.15, 0.2) is 5.82 Å². The van der Waals surface area contributed by atoms with Crippen molar-refractivity contribution in [1.29, 1.82) is 0 Å². The molecule has 0 aliphatic heterocycles. The highest BCUT2D eigenvalue weighted by molar-refractivity contribution is 7.17. The molecular weight excluding hydrogens is 250 g/mol. The van der Waals surface area contributed by atoms with Gasteiger partial charge in [-0.1, -0.05) is 0 Å². The molecule has 0 radical (unpaired) electrons. The van der Waals surface area contributed by atoms with Gasteiger partial charge in [0.25, 0.3) is 5.56 Å². The van der Waals surface area contributed by atoms with E-state index in [0.29, 0.717) is 11.2 Å². The van der Waals surface area contributed by atoms with E-state index >= 15 is 0 Å².